The van der Waals surface area contributed by atoms with Gasteiger partial charge < -0.3 is 5.32 Å². The van der Waals surface area contributed by atoms with Crippen molar-refractivity contribution in [3.05, 3.63) is 0 Å². The molecule has 0 rings (SSSR count). The average Bonchev–Trinajstić information content (AvgIpc) is 2.13. The van der Waals surface area contributed by atoms with Gasteiger partial charge in [-0.1, -0.05) is 20.8 Å². The maximum Gasteiger partial charge on any atom is 0.0451 e. The molecule has 0 aromatic rings. The standard InChI is InChI=1S/C10H21Cl2N/c1-4-10(7-11,8-12)13-6-5-9(2)3/h9,13H,4-8H2,1-3H3. The van der Waals surface area contributed by atoms with Crippen LogP contribution in [0.2, 0.25) is 0 Å². The van der Waals surface area contributed by atoms with Gasteiger partial charge in [-0.3, -0.25) is 0 Å². The van der Waals surface area contributed by atoms with Crippen molar-refractivity contribution in [3.8, 4) is 0 Å². The maximum atomic E-state index is 5.89. The van der Waals surface area contributed by atoms with Crippen molar-refractivity contribution < 1.29 is 0 Å². The van der Waals surface area contributed by atoms with E-state index in [9.17, 15) is 0 Å². The Morgan fingerprint density at radius 2 is 1.77 bits per heavy atom. The molecule has 1 nitrogen and oxygen atoms in total. The maximum absolute atomic E-state index is 5.89. The predicted molar refractivity (Wildman–Crippen MR) is 61.9 cm³/mol. The largest absolute Gasteiger partial charge is 0.309 e. The number of halogens is 2. The van der Waals surface area contributed by atoms with E-state index >= 15 is 0 Å². The second-order valence-corrected chi connectivity index (χ2v) is 4.54. The first-order valence-electron chi connectivity index (χ1n) is 4.97. The van der Waals surface area contributed by atoms with Crippen LogP contribution < -0.4 is 5.32 Å². The van der Waals surface area contributed by atoms with Gasteiger partial charge in [0.15, 0.2) is 0 Å². The summed E-state index contributed by atoms with van der Waals surface area (Å²) in [5.41, 5.74) is -0.0575. The molecular weight excluding hydrogens is 205 g/mol. The van der Waals surface area contributed by atoms with Crippen LogP contribution in [0, 0.1) is 5.92 Å². The predicted octanol–water partition coefficient (Wildman–Crippen LogP) is 3.25. The Morgan fingerprint density at radius 3 is 2.08 bits per heavy atom. The molecule has 0 aromatic carbocycles. The third kappa shape index (κ3) is 5.09. The second-order valence-electron chi connectivity index (χ2n) is 4.01. The molecule has 13 heavy (non-hydrogen) atoms. The van der Waals surface area contributed by atoms with E-state index in [1.165, 1.54) is 6.42 Å². The van der Waals surface area contributed by atoms with Crippen molar-refractivity contribution in [2.45, 2.75) is 39.2 Å². The van der Waals surface area contributed by atoms with Gasteiger partial charge in [-0.25, -0.2) is 0 Å². The van der Waals surface area contributed by atoms with Gasteiger partial charge in [-0.05, 0) is 25.3 Å². The lowest BCUT2D eigenvalue weighted by molar-refractivity contribution is 0.370. The Bertz CT molecular complexity index is 114. The lowest BCUT2D eigenvalue weighted by Crippen LogP contribution is -2.48. The van der Waals surface area contributed by atoms with Crippen LogP contribution in [0.15, 0.2) is 0 Å². The van der Waals surface area contributed by atoms with E-state index in [2.05, 4.69) is 26.1 Å². The summed E-state index contributed by atoms with van der Waals surface area (Å²) in [5.74, 6) is 1.91. The van der Waals surface area contributed by atoms with Crippen molar-refractivity contribution in [2.75, 3.05) is 18.3 Å². The third-order valence-corrected chi connectivity index (χ3v) is 3.43. The highest BCUT2D eigenvalue weighted by atomic mass is 35.5. The molecule has 0 spiro atoms. The number of hydrogen-bond donors (Lipinski definition) is 1. The Hall–Kier alpha value is 0.540. The summed E-state index contributed by atoms with van der Waals surface area (Å²) in [6, 6.07) is 0. The van der Waals surface area contributed by atoms with E-state index in [1.807, 2.05) is 0 Å². The van der Waals surface area contributed by atoms with Crippen LogP contribution in [-0.4, -0.2) is 23.8 Å². The van der Waals surface area contributed by atoms with Crippen molar-refractivity contribution in [2.24, 2.45) is 5.92 Å². The normalized spacial score (nSPS) is 12.5. The molecular formula is C10H21Cl2N. The van der Waals surface area contributed by atoms with Crippen LogP contribution in [0.3, 0.4) is 0 Å². The molecule has 0 unspecified atom stereocenters. The van der Waals surface area contributed by atoms with E-state index in [4.69, 9.17) is 23.2 Å². The summed E-state index contributed by atoms with van der Waals surface area (Å²) in [7, 11) is 0. The summed E-state index contributed by atoms with van der Waals surface area (Å²) in [6.45, 7) is 7.56. The van der Waals surface area contributed by atoms with E-state index in [0.717, 1.165) is 18.9 Å². The Kier molecular flexibility index (Phi) is 7.20. The zero-order chi connectivity index (χ0) is 10.3. The van der Waals surface area contributed by atoms with Gasteiger partial charge in [0.1, 0.15) is 0 Å². The fraction of sp³-hybridized carbons (Fsp3) is 1.00. The highest BCUT2D eigenvalue weighted by molar-refractivity contribution is 6.22. The quantitative estimate of drug-likeness (QED) is 0.657. The third-order valence-electron chi connectivity index (χ3n) is 2.41. The minimum Gasteiger partial charge on any atom is -0.309 e. The fourth-order valence-corrected chi connectivity index (χ4v) is 1.92. The zero-order valence-corrected chi connectivity index (χ0v) is 10.4. The number of nitrogens with one attached hydrogen (secondary N) is 1. The molecule has 80 valence electrons. The Balaban J connectivity index is 3.81. The lowest BCUT2D eigenvalue weighted by atomic mass is 10.0. The first-order valence-corrected chi connectivity index (χ1v) is 6.04. The van der Waals surface area contributed by atoms with E-state index < -0.39 is 0 Å². The van der Waals surface area contributed by atoms with Crippen LogP contribution in [-0.2, 0) is 0 Å². The number of alkyl halides is 2. The molecule has 0 saturated heterocycles. The lowest BCUT2D eigenvalue weighted by Gasteiger charge is -2.30. The summed E-state index contributed by atoms with van der Waals surface area (Å²) in [6.07, 6.45) is 2.16. The first-order chi connectivity index (χ1) is 6.10. The monoisotopic (exact) mass is 225 g/mol. The molecule has 0 heterocycles. The van der Waals surface area contributed by atoms with Gasteiger partial charge >= 0.3 is 0 Å². The average molecular weight is 226 g/mol. The van der Waals surface area contributed by atoms with Crippen LogP contribution in [0.1, 0.15) is 33.6 Å². The highest BCUT2D eigenvalue weighted by Crippen LogP contribution is 2.15. The van der Waals surface area contributed by atoms with Gasteiger partial charge in [0.2, 0.25) is 0 Å². The van der Waals surface area contributed by atoms with E-state index in [-0.39, 0.29) is 5.54 Å². The van der Waals surface area contributed by atoms with Crippen LogP contribution in [0.25, 0.3) is 0 Å². The summed E-state index contributed by atoms with van der Waals surface area (Å²) >= 11 is 11.8. The summed E-state index contributed by atoms with van der Waals surface area (Å²) in [4.78, 5) is 0. The molecule has 0 fully saturated rings. The Morgan fingerprint density at radius 1 is 1.23 bits per heavy atom. The smallest absolute Gasteiger partial charge is 0.0451 e. The summed E-state index contributed by atoms with van der Waals surface area (Å²) in [5, 5.41) is 3.45. The Labute approximate surface area is 92.2 Å². The van der Waals surface area contributed by atoms with Crippen molar-refractivity contribution in [1.82, 2.24) is 5.32 Å². The second kappa shape index (κ2) is 6.92. The van der Waals surface area contributed by atoms with Crippen molar-refractivity contribution >= 4 is 23.2 Å². The van der Waals surface area contributed by atoms with Crippen molar-refractivity contribution in [3.63, 3.8) is 0 Å². The van der Waals surface area contributed by atoms with Gasteiger partial charge in [0, 0.05) is 17.3 Å². The van der Waals surface area contributed by atoms with Gasteiger partial charge in [0.05, 0.1) is 0 Å². The molecule has 0 aliphatic heterocycles. The number of rotatable bonds is 7. The molecule has 1 N–H and O–H groups in total. The topological polar surface area (TPSA) is 12.0 Å². The van der Waals surface area contributed by atoms with Gasteiger partial charge in [0.25, 0.3) is 0 Å². The SMILES string of the molecule is CCC(CCl)(CCl)NCCC(C)C. The van der Waals surface area contributed by atoms with Crippen LogP contribution >= 0.6 is 23.2 Å². The molecule has 0 aliphatic rings. The molecule has 0 atom stereocenters. The van der Waals surface area contributed by atoms with Crippen LogP contribution in [0.4, 0.5) is 0 Å². The molecule has 0 amide bonds. The van der Waals surface area contributed by atoms with Gasteiger partial charge in [-0.15, -0.1) is 23.2 Å². The van der Waals surface area contributed by atoms with E-state index in [1.54, 1.807) is 0 Å². The molecule has 0 radical (unpaired) electrons. The van der Waals surface area contributed by atoms with Crippen LogP contribution in [0.5, 0.6) is 0 Å². The van der Waals surface area contributed by atoms with Gasteiger partial charge in [-0.2, -0.15) is 0 Å². The molecule has 0 aromatic heterocycles. The highest BCUT2D eigenvalue weighted by Gasteiger charge is 2.24. The minimum absolute atomic E-state index is 0.0575. The first kappa shape index (κ1) is 13.5. The molecule has 0 saturated carbocycles. The zero-order valence-electron chi connectivity index (χ0n) is 8.87. The summed E-state index contributed by atoms with van der Waals surface area (Å²) < 4.78 is 0. The minimum atomic E-state index is -0.0575. The molecule has 3 heteroatoms. The molecule has 0 aliphatic carbocycles. The fourth-order valence-electron chi connectivity index (χ4n) is 1.07. The number of hydrogen-bond acceptors (Lipinski definition) is 1. The van der Waals surface area contributed by atoms with E-state index in [0.29, 0.717) is 11.8 Å². The molecule has 0 bridgehead atoms. The van der Waals surface area contributed by atoms with Crippen molar-refractivity contribution in [1.29, 1.82) is 0 Å².